The summed E-state index contributed by atoms with van der Waals surface area (Å²) in [5.41, 5.74) is -0.112. The molecule has 0 aliphatic rings. The van der Waals surface area contributed by atoms with Gasteiger partial charge in [-0.05, 0) is 31.6 Å². The van der Waals surface area contributed by atoms with Gasteiger partial charge in [-0.2, -0.15) is 0 Å². The first-order valence-electron chi connectivity index (χ1n) is 30.5. The lowest BCUT2D eigenvalue weighted by Gasteiger charge is -2.41. The maximum Gasteiger partial charge on any atom is 0.500 e. The monoisotopic (exact) mass is 1350 g/mol. The Morgan fingerprint density at radius 1 is 0.289 bits per heavy atom. The molecule has 0 atom stereocenters. The van der Waals surface area contributed by atoms with Crippen LogP contribution in [0.3, 0.4) is 0 Å². The minimum Gasteiger partial charge on any atom is -0.377 e. The second-order valence-electron chi connectivity index (χ2n) is 23.9. The van der Waals surface area contributed by atoms with E-state index in [0.29, 0.717) is 6.54 Å². The van der Waals surface area contributed by atoms with Crippen molar-refractivity contribution < 1.29 is 84.5 Å². The lowest BCUT2D eigenvalue weighted by molar-refractivity contribution is -0.130. The van der Waals surface area contributed by atoms with Crippen molar-refractivity contribution in [3.05, 3.63) is 0 Å². The first kappa shape index (κ1) is 83.7. The molecule has 29 heteroatoms. The predicted molar refractivity (Wildman–Crippen MR) is 353 cm³/mol. The number of carbonyl (C=O) groups excluding carboxylic acids is 1. The maximum atomic E-state index is 13.8. The van der Waals surface area contributed by atoms with Crippen molar-refractivity contribution in [1.29, 1.82) is 0 Å². The third kappa shape index (κ3) is 28.4. The molecule has 0 aromatic rings. The summed E-state index contributed by atoms with van der Waals surface area (Å²) in [5, 5.41) is 0. The normalized spacial score (nSPS) is 13.9. The zero-order chi connectivity index (χ0) is 63.4. The van der Waals surface area contributed by atoms with Crippen LogP contribution >= 0.6 is 0 Å². The van der Waals surface area contributed by atoms with Crippen LogP contribution < -0.4 is 0 Å². The van der Waals surface area contributed by atoms with E-state index >= 15 is 0 Å². The van der Waals surface area contributed by atoms with Gasteiger partial charge in [0, 0.05) is 184 Å². The number of hydrogen-bond acceptors (Lipinski definition) is 19. The Hall–Kier alpha value is 0.702. The van der Waals surface area contributed by atoms with Gasteiger partial charge in [0.2, 0.25) is 5.91 Å². The highest BCUT2D eigenvalue weighted by molar-refractivity contribution is 6.80. The van der Waals surface area contributed by atoms with Crippen LogP contribution in [0.5, 0.6) is 0 Å². The third-order valence-electron chi connectivity index (χ3n) is 19.0. The Balaban J connectivity index is 7.86. The van der Waals surface area contributed by atoms with Crippen LogP contribution in [0.15, 0.2) is 0 Å². The molecule has 0 aromatic heterocycles. The van der Waals surface area contributed by atoms with Gasteiger partial charge in [-0.25, -0.2) is 0 Å². The molecule has 0 radical (unpaired) electrons. The predicted octanol–water partition coefficient (Wildman–Crippen LogP) is 12.0. The van der Waals surface area contributed by atoms with Crippen LogP contribution in [0.2, 0.25) is 110 Å². The van der Waals surface area contributed by atoms with E-state index in [-0.39, 0.29) is 11.3 Å². The van der Waals surface area contributed by atoms with Crippen molar-refractivity contribution in [1.82, 2.24) is 4.90 Å². The molecule has 0 aliphatic heterocycles. The fourth-order valence-electron chi connectivity index (χ4n) is 13.0. The number of amides is 1. The topological polar surface area (TPSA) is 186 Å². The van der Waals surface area contributed by atoms with E-state index in [4.69, 9.17) is 79.7 Å². The highest BCUT2D eigenvalue weighted by atomic mass is 28.4. The van der Waals surface area contributed by atoms with Gasteiger partial charge in [-0.15, -0.1) is 0 Å². The molecule has 0 N–H and O–H groups in total. The van der Waals surface area contributed by atoms with Gasteiger partial charge < -0.3 is 84.6 Å². The van der Waals surface area contributed by atoms with Crippen molar-refractivity contribution in [2.45, 2.75) is 201 Å². The standard InChI is InChI=1S/C54H127NO19Si9/c1-24-55(53(2)56)52-54(34-25-37-75(21,40-28-46-78(57-3,58-4)59-5)41-29-47-79(60-6,61-7)62-8,35-26-38-76(22,42-30-48-80(63-9,64-10)65-11)43-31-49-81(66-12,67-13)68-14)36-27-39-77(23,44-32-50-82(69-15,70-16)71-17)45-33-51-83(72-18,73-19)74-20/h24-52H2,1-23H3. The highest BCUT2D eigenvalue weighted by Gasteiger charge is 2.45. The minimum atomic E-state index is -2.78. The first-order valence-corrected chi connectivity index (χ1v) is 51.5. The summed E-state index contributed by atoms with van der Waals surface area (Å²) in [7, 11) is 8.17. The molecule has 0 rings (SSSR count). The van der Waals surface area contributed by atoms with Gasteiger partial charge >= 0.3 is 52.8 Å². The van der Waals surface area contributed by atoms with Crippen LogP contribution in [-0.4, -0.2) is 229 Å². The molecule has 0 fully saturated rings. The molecule has 0 saturated carbocycles. The Labute approximate surface area is 517 Å². The van der Waals surface area contributed by atoms with E-state index in [9.17, 15) is 4.79 Å². The zero-order valence-electron chi connectivity index (χ0n) is 57.2. The summed E-state index contributed by atoms with van der Waals surface area (Å²) in [6.45, 7) is 13.1. The molecule has 0 unspecified atom stereocenters. The summed E-state index contributed by atoms with van der Waals surface area (Å²) < 4.78 is 107. The van der Waals surface area contributed by atoms with E-state index in [1.54, 1.807) is 135 Å². The summed E-state index contributed by atoms with van der Waals surface area (Å²) in [4.78, 5) is 15.9. The molecule has 0 saturated heterocycles. The highest BCUT2D eigenvalue weighted by Crippen LogP contribution is 2.44. The smallest absolute Gasteiger partial charge is 0.377 e. The van der Waals surface area contributed by atoms with E-state index < -0.39 is 77.0 Å². The minimum absolute atomic E-state index is 0.112. The molecule has 20 nitrogen and oxygen atoms in total. The second kappa shape index (κ2) is 42.7. The molecule has 1 amide bonds. The third-order valence-corrected chi connectivity index (χ3v) is 50.0. The van der Waals surface area contributed by atoms with E-state index in [0.717, 1.165) is 174 Å². The van der Waals surface area contributed by atoms with Crippen molar-refractivity contribution in [2.24, 2.45) is 5.41 Å². The average Bonchev–Trinajstić information content (AvgIpc) is 3.56. The molecule has 0 aromatic carbocycles. The van der Waals surface area contributed by atoms with Gasteiger partial charge in [0.15, 0.2) is 0 Å². The van der Waals surface area contributed by atoms with E-state index in [1.807, 2.05) is 0 Å². The van der Waals surface area contributed by atoms with Gasteiger partial charge in [-0.3, -0.25) is 4.79 Å². The molecule has 83 heavy (non-hydrogen) atoms. The lowest BCUT2D eigenvalue weighted by Crippen LogP contribution is -2.44. The summed E-state index contributed by atoms with van der Waals surface area (Å²) >= 11 is 0. The second-order valence-corrected chi connectivity index (χ2v) is 57.8. The summed E-state index contributed by atoms with van der Waals surface area (Å²) in [5.74, 6) is 0.131. The number of nitrogens with zero attached hydrogens (tertiary/aromatic N) is 1. The number of rotatable bonds is 57. The van der Waals surface area contributed by atoms with Crippen LogP contribution in [0.4, 0.5) is 0 Å². The van der Waals surface area contributed by atoms with E-state index in [2.05, 4.69) is 31.5 Å². The van der Waals surface area contributed by atoms with Crippen molar-refractivity contribution >= 4 is 83.0 Å². The fourth-order valence-corrected chi connectivity index (χ4v) is 37.0. The fraction of sp³-hybridized carbons (Fsp3) is 0.981. The van der Waals surface area contributed by atoms with Crippen LogP contribution in [-0.2, 0) is 84.5 Å². The lowest BCUT2D eigenvalue weighted by atomic mass is 9.75. The quantitative estimate of drug-likeness (QED) is 0.0523. The van der Waals surface area contributed by atoms with Gasteiger partial charge in [-0.1, -0.05) is 132 Å². The van der Waals surface area contributed by atoms with Gasteiger partial charge in [0.25, 0.3) is 0 Å². The molecular weight excluding hydrogens is 1220 g/mol. The van der Waals surface area contributed by atoms with Gasteiger partial charge in [0.1, 0.15) is 0 Å². The van der Waals surface area contributed by atoms with Crippen molar-refractivity contribution in [3.8, 4) is 0 Å². The summed E-state index contributed by atoms with van der Waals surface area (Å²) in [6.07, 6.45) is 12.2. The van der Waals surface area contributed by atoms with Crippen molar-refractivity contribution in [3.63, 3.8) is 0 Å². The molecule has 498 valence electrons. The first-order chi connectivity index (χ1) is 39.3. The van der Waals surface area contributed by atoms with Crippen LogP contribution in [0, 0.1) is 5.41 Å². The summed E-state index contributed by atoms with van der Waals surface area (Å²) in [6, 6.07) is 14.8. The van der Waals surface area contributed by atoms with Crippen LogP contribution in [0.25, 0.3) is 0 Å². The van der Waals surface area contributed by atoms with Gasteiger partial charge in [0.05, 0.1) is 24.2 Å². The van der Waals surface area contributed by atoms with Crippen molar-refractivity contribution in [2.75, 3.05) is 141 Å². The molecule has 0 bridgehead atoms. The Morgan fingerprint density at radius 3 is 0.578 bits per heavy atom. The molecular formula is C54H127NO19Si9. The molecule has 0 spiro atoms. The SMILES string of the molecule is CCN(CC(CCC[Si](C)(CCC[Si](OC)(OC)OC)CCC[Si](OC)(OC)OC)(CCC[Si](C)(CCC[Si](OC)(OC)OC)CCC[Si](OC)(OC)OC)CCC[Si](C)(CCC[Si](OC)(OC)OC)CCC[Si](OC)(OC)OC)C(C)=O. The molecule has 0 aliphatic carbocycles. The zero-order valence-corrected chi connectivity index (χ0v) is 66.2. The number of carbonyl (C=O) groups is 1. The Morgan fingerprint density at radius 2 is 0.446 bits per heavy atom. The molecule has 0 heterocycles. The largest absolute Gasteiger partial charge is 0.500 e. The van der Waals surface area contributed by atoms with E-state index in [1.165, 1.54) is 0 Å². The Kier molecular flexibility index (Phi) is 43.1. The Bertz CT molecular complexity index is 1360. The number of hydrogen-bond donors (Lipinski definition) is 0. The maximum absolute atomic E-state index is 13.8. The average molecular weight is 1350 g/mol. The van der Waals surface area contributed by atoms with Crippen LogP contribution in [0.1, 0.15) is 90.9 Å².